The first-order chi connectivity index (χ1) is 7.66. The third-order valence-corrected chi connectivity index (χ3v) is 3.30. The molecule has 0 bridgehead atoms. The van der Waals surface area contributed by atoms with Gasteiger partial charge in [0.1, 0.15) is 5.82 Å². The summed E-state index contributed by atoms with van der Waals surface area (Å²) in [6.45, 7) is 2.82. The molecule has 0 saturated heterocycles. The number of nitrogens with one attached hydrogen (secondary N) is 1. The molecule has 2 rings (SSSR count). The van der Waals surface area contributed by atoms with Gasteiger partial charge >= 0.3 is 0 Å². The molecule has 1 aliphatic carbocycles. The van der Waals surface area contributed by atoms with Gasteiger partial charge in [0, 0.05) is 11.6 Å². The minimum atomic E-state index is -0.156. The van der Waals surface area contributed by atoms with Crippen LogP contribution in [0.3, 0.4) is 0 Å². The fraction of sp³-hybridized carbons (Fsp3) is 0.538. The number of benzene rings is 1. The van der Waals surface area contributed by atoms with Crippen LogP contribution in [-0.4, -0.2) is 17.8 Å². The smallest absolute Gasteiger partial charge is 0.127 e. The van der Waals surface area contributed by atoms with E-state index in [1.807, 2.05) is 19.1 Å². The zero-order valence-electron chi connectivity index (χ0n) is 9.49. The number of aliphatic hydroxyl groups excluding tert-OH is 1. The average Bonchev–Trinajstić information content (AvgIpc) is 2.23. The Morgan fingerprint density at radius 1 is 1.44 bits per heavy atom. The maximum atomic E-state index is 13.4. The van der Waals surface area contributed by atoms with Crippen LogP contribution in [0.25, 0.3) is 0 Å². The Morgan fingerprint density at radius 3 is 2.75 bits per heavy atom. The van der Waals surface area contributed by atoms with E-state index < -0.39 is 0 Å². The molecule has 0 spiro atoms. The van der Waals surface area contributed by atoms with Crippen LogP contribution >= 0.6 is 0 Å². The average molecular weight is 223 g/mol. The zero-order chi connectivity index (χ0) is 11.5. The third kappa shape index (κ3) is 2.60. The summed E-state index contributed by atoms with van der Waals surface area (Å²) in [5.74, 6) is 0.389. The van der Waals surface area contributed by atoms with Crippen molar-refractivity contribution in [2.75, 3.05) is 6.54 Å². The molecular formula is C13H18FNO. The second-order valence-corrected chi connectivity index (χ2v) is 4.64. The van der Waals surface area contributed by atoms with Crippen LogP contribution in [0.5, 0.6) is 0 Å². The summed E-state index contributed by atoms with van der Waals surface area (Å²) in [6.07, 6.45) is 1.63. The minimum Gasteiger partial charge on any atom is -0.393 e. The van der Waals surface area contributed by atoms with E-state index in [0.29, 0.717) is 11.5 Å². The molecule has 1 saturated carbocycles. The van der Waals surface area contributed by atoms with Crippen LogP contribution in [-0.2, 0) is 0 Å². The lowest BCUT2D eigenvalue weighted by Crippen LogP contribution is -2.37. The summed E-state index contributed by atoms with van der Waals surface area (Å²) in [7, 11) is 0. The van der Waals surface area contributed by atoms with Crippen molar-refractivity contribution in [2.24, 2.45) is 5.92 Å². The Kier molecular flexibility index (Phi) is 3.56. The molecule has 0 aromatic heterocycles. The number of halogens is 1. The summed E-state index contributed by atoms with van der Waals surface area (Å²) >= 11 is 0. The Bertz CT molecular complexity index is 350. The quantitative estimate of drug-likeness (QED) is 0.820. The van der Waals surface area contributed by atoms with Crippen LogP contribution in [0.1, 0.15) is 31.4 Å². The number of hydrogen-bond donors (Lipinski definition) is 2. The largest absolute Gasteiger partial charge is 0.393 e. The van der Waals surface area contributed by atoms with Crippen molar-refractivity contribution in [2.45, 2.75) is 31.9 Å². The van der Waals surface area contributed by atoms with Crippen LogP contribution in [0.15, 0.2) is 24.3 Å². The highest BCUT2D eigenvalue weighted by Gasteiger charge is 2.27. The maximum absolute atomic E-state index is 13.4. The maximum Gasteiger partial charge on any atom is 0.127 e. The van der Waals surface area contributed by atoms with Gasteiger partial charge in [0.2, 0.25) is 0 Å². The van der Waals surface area contributed by atoms with Crippen molar-refractivity contribution in [3.63, 3.8) is 0 Å². The van der Waals surface area contributed by atoms with Crippen LogP contribution in [0.2, 0.25) is 0 Å². The topological polar surface area (TPSA) is 32.3 Å². The molecule has 1 unspecified atom stereocenters. The van der Waals surface area contributed by atoms with E-state index in [1.165, 1.54) is 6.07 Å². The molecule has 88 valence electrons. The van der Waals surface area contributed by atoms with Crippen LogP contribution in [0.4, 0.5) is 4.39 Å². The first kappa shape index (κ1) is 11.6. The second-order valence-electron chi connectivity index (χ2n) is 4.64. The van der Waals surface area contributed by atoms with Gasteiger partial charge in [0.05, 0.1) is 6.10 Å². The third-order valence-electron chi connectivity index (χ3n) is 3.30. The van der Waals surface area contributed by atoms with Crippen molar-refractivity contribution in [3.05, 3.63) is 35.6 Å². The lowest BCUT2D eigenvalue weighted by Gasteiger charge is -2.32. The van der Waals surface area contributed by atoms with Crippen LogP contribution < -0.4 is 5.32 Å². The molecule has 2 N–H and O–H groups in total. The Balaban J connectivity index is 1.84. The van der Waals surface area contributed by atoms with Gasteiger partial charge in [0.15, 0.2) is 0 Å². The van der Waals surface area contributed by atoms with Gasteiger partial charge in [-0.3, -0.25) is 0 Å². The van der Waals surface area contributed by atoms with E-state index in [0.717, 1.165) is 19.4 Å². The fourth-order valence-electron chi connectivity index (χ4n) is 2.15. The highest BCUT2D eigenvalue weighted by molar-refractivity contribution is 5.20. The minimum absolute atomic E-state index is 0.0268. The van der Waals surface area contributed by atoms with Crippen molar-refractivity contribution >= 4 is 0 Å². The lowest BCUT2D eigenvalue weighted by molar-refractivity contribution is 0.0420. The molecule has 1 fully saturated rings. The number of aliphatic hydroxyl groups is 1. The molecule has 1 aromatic rings. The standard InChI is InChI=1S/C13H18FNO/c1-9(12-4-2-3-5-13(12)14)15-8-10-6-11(16)7-10/h2-5,9-11,15-16H,6-8H2,1H3. The molecule has 2 nitrogen and oxygen atoms in total. The van der Waals surface area contributed by atoms with Crippen molar-refractivity contribution in [3.8, 4) is 0 Å². The summed E-state index contributed by atoms with van der Waals surface area (Å²) in [5.41, 5.74) is 0.711. The van der Waals surface area contributed by atoms with Gasteiger partial charge in [-0.15, -0.1) is 0 Å². The molecular weight excluding hydrogens is 205 g/mol. The van der Waals surface area contributed by atoms with Gasteiger partial charge in [0.25, 0.3) is 0 Å². The van der Waals surface area contributed by atoms with E-state index in [4.69, 9.17) is 5.11 Å². The molecule has 1 atom stereocenters. The first-order valence-corrected chi connectivity index (χ1v) is 5.82. The Morgan fingerprint density at radius 2 is 2.12 bits per heavy atom. The predicted molar refractivity (Wildman–Crippen MR) is 61.5 cm³/mol. The van der Waals surface area contributed by atoms with Crippen molar-refractivity contribution < 1.29 is 9.50 Å². The Labute approximate surface area is 95.5 Å². The summed E-state index contributed by atoms with van der Waals surface area (Å²) in [4.78, 5) is 0. The van der Waals surface area contributed by atoms with Crippen molar-refractivity contribution in [1.29, 1.82) is 0 Å². The first-order valence-electron chi connectivity index (χ1n) is 5.82. The Hall–Kier alpha value is -0.930. The molecule has 16 heavy (non-hydrogen) atoms. The van der Waals surface area contributed by atoms with E-state index in [2.05, 4.69) is 5.32 Å². The van der Waals surface area contributed by atoms with Gasteiger partial charge in [-0.1, -0.05) is 18.2 Å². The van der Waals surface area contributed by atoms with Crippen LogP contribution in [0, 0.1) is 11.7 Å². The SMILES string of the molecule is CC(NCC1CC(O)C1)c1ccccc1F. The van der Waals surface area contributed by atoms with E-state index in [-0.39, 0.29) is 18.0 Å². The molecule has 0 radical (unpaired) electrons. The molecule has 1 aromatic carbocycles. The molecule has 0 amide bonds. The van der Waals surface area contributed by atoms with Crippen molar-refractivity contribution in [1.82, 2.24) is 5.32 Å². The predicted octanol–water partition coefficient (Wildman–Crippen LogP) is 2.25. The zero-order valence-corrected chi connectivity index (χ0v) is 9.49. The van der Waals surface area contributed by atoms with E-state index in [9.17, 15) is 4.39 Å². The van der Waals surface area contributed by atoms with Gasteiger partial charge in [-0.05, 0) is 38.3 Å². The number of hydrogen-bond acceptors (Lipinski definition) is 2. The van der Waals surface area contributed by atoms with Gasteiger partial charge in [-0.25, -0.2) is 4.39 Å². The molecule has 0 aliphatic heterocycles. The van der Waals surface area contributed by atoms with Gasteiger partial charge < -0.3 is 10.4 Å². The normalized spacial score (nSPS) is 26.2. The highest BCUT2D eigenvalue weighted by atomic mass is 19.1. The summed E-state index contributed by atoms with van der Waals surface area (Å²) in [6, 6.07) is 6.87. The van der Waals surface area contributed by atoms with E-state index >= 15 is 0 Å². The molecule has 0 heterocycles. The second kappa shape index (κ2) is 4.93. The monoisotopic (exact) mass is 223 g/mol. The van der Waals surface area contributed by atoms with E-state index in [1.54, 1.807) is 6.07 Å². The fourth-order valence-corrected chi connectivity index (χ4v) is 2.15. The van der Waals surface area contributed by atoms with Gasteiger partial charge in [-0.2, -0.15) is 0 Å². The highest BCUT2D eigenvalue weighted by Crippen LogP contribution is 2.27. The lowest BCUT2D eigenvalue weighted by atomic mass is 9.82. The summed E-state index contributed by atoms with van der Waals surface area (Å²) in [5, 5.41) is 12.5. The molecule has 1 aliphatic rings. The summed E-state index contributed by atoms with van der Waals surface area (Å²) < 4.78 is 13.4. The molecule has 3 heteroatoms. The number of rotatable bonds is 4.